The van der Waals surface area contributed by atoms with E-state index in [1.165, 1.54) is 6.07 Å². The molecule has 20 heavy (non-hydrogen) atoms. The summed E-state index contributed by atoms with van der Waals surface area (Å²) < 4.78 is 10.2. The predicted octanol–water partition coefficient (Wildman–Crippen LogP) is 1.88. The van der Waals surface area contributed by atoms with Gasteiger partial charge in [0.25, 0.3) is 0 Å². The molecule has 1 aromatic heterocycles. The zero-order valence-electron chi connectivity index (χ0n) is 10.8. The second-order valence-electron chi connectivity index (χ2n) is 4.50. The minimum Gasteiger partial charge on any atom is -0.475 e. The second-order valence-corrected chi connectivity index (χ2v) is 4.50. The normalized spacial score (nSPS) is 15.3. The van der Waals surface area contributed by atoms with Gasteiger partial charge in [-0.15, -0.1) is 0 Å². The van der Waals surface area contributed by atoms with Crippen molar-refractivity contribution in [3.63, 3.8) is 0 Å². The van der Waals surface area contributed by atoms with Gasteiger partial charge in [-0.25, -0.2) is 4.79 Å². The summed E-state index contributed by atoms with van der Waals surface area (Å²) in [5.41, 5.74) is 2.41. The maximum atomic E-state index is 10.9. The van der Waals surface area contributed by atoms with Crippen molar-refractivity contribution in [3.05, 3.63) is 36.1 Å². The molecular formula is C14H14N2O4. The lowest BCUT2D eigenvalue weighted by Gasteiger charge is -2.30. The van der Waals surface area contributed by atoms with Gasteiger partial charge in [-0.05, 0) is 6.07 Å². The number of morpholine rings is 1. The van der Waals surface area contributed by atoms with E-state index in [-0.39, 0.29) is 5.76 Å². The number of aromatic nitrogens is 1. The molecule has 0 atom stereocenters. The third-order valence-corrected chi connectivity index (χ3v) is 3.25. The van der Waals surface area contributed by atoms with Crippen molar-refractivity contribution >= 4 is 11.7 Å². The summed E-state index contributed by atoms with van der Waals surface area (Å²) in [5, 5.41) is 12.8. The Kier molecular flexibility index (Phi) is 3.39. The van der Waals surface area contributed by atoms with Gasteiger partial charge in [0.05, 0.1) is 13.2 Å². The number of rotatable bonds is 3. The van der Waals surface area contributed by atoms with Crippen LogP contribution in [0.5, 0.6) is 0 Å². The number of carboxylic acid groups (broad SMARTS) is 1. The molecule has 0 saturated carbocycles. The van der Waals surface area contributed by atoms with Gasteiger partial charge in [-0.1, -0.05) is 23.4 Å². The number of hydrogen-bond donors (Lipinski definition) is 1. The summed E-state index contributed by atoms with van der Waals surface area (Å²) in [4.78, 5) is 13.1. The Morgan fingerprint density at radius 1 is 1.25 bits per heavy atom. The first kappa shape index (κ1) is 12.7. The third kappa shape index (κ3) is 2.37. The van der Waals surface area contributed by atoms with Gasteiger partial charge < -0.3 is 19.3 Å². The summed E-state index contributed by atoms with van der Waals surface area (Å²) in [6, 6.07) is 9.20. The van der Waals surface area contributed by atoms with E-state index in [1.54, 1.807) is 0 Å². The summed E-state index contributed by atoms with van der Waals surface area (Å²) in [7, 11) is 0. The molecule has 2 aromatic rings. The Labute approximate surface area is 115 Å². The van der Waals surface area contributed by atoms with Gasteiger partial charge in [-0.2, -0.15) is 0 Å². The number of carboxylic acids is 1. The maximum Gasteiger partial charge on any atom is 0.374 e. The second kappa shape index (κ2) is 5.34. The molecule has 6 nitrogen and oxygen atoms in total. The van der Waals surface area contributed by atoms with E-state index in [1.807, 2.05) is 24.3 Å². The van der Waals surface area contributed by atoms with Crippen molar-refractivity contribution in [2.24, 2.45) is 0 Å². The fourth-order valence-electron chi connectivity index (χ4n) is 2.27. The molecule has 0 amide bonds. The van der Waals surface area contributed by atoms with E-state index in [0.29, 0.717) is 18.9 Å². The number of benzene rings is 1. The predicted molar refractivity (Wildman–Crippen MR) is 71.9 cm³/mol. The van der Waals surface area contributed by atoms with E-state index in [0.717, 1.165) is 24.3 Å². The molecule has 1 saturated heterocycles. The fraction of sp³-hybridized carbons (Fsp3) is 0.286. The number of anilines is 1. The highest BCUT2D eigenvalue weighted by Gasteiger charge is 2.19. The lowest BCUT2D eigenvalue weighted by atomic mass is 10.1. The van der Waals surface area contributed by atoms with Crippen molar-refractivity contribution in [2.75, 3.05) is 31.2 Å². The average molecular weight is 274 g/mol. The number of nitrogens with zero attached hydrogens (tertiary/aromatic N) is 2. The van der Waals surface area contributed by atoms with Gasteiger partial charge in [0, 0.05) is 30.4 Å². The number of aromatic carboxylic acids is 1. The molecule has 6 heteroatoms. The summed E-state index contributed by atoms with van der Waals surface area (Å²) in [6.07, 6.45) is 0. The van der Waals surface area contributed by atoms with Gasteiger partial charge in [0.1, 0.15) is 5.69 Å². The molecule has 0 aliphatic carbocycles. The van der Waals surface area contributed by atoms with Crippen LogP contribution in [0.1, 0.15) is 10.6 Å². The third-order valence-electron chi connectivity index (χ3n) is 3.25. The quantitative estimate of drug-likeness (QED) is 0.921. The molecule has 1 aromatic carbocycles. The molecular weight excluding hydrogens is 260 g/mol. The van der Waals surface area contributed by atoms with Crippen LogP contribution < -0.4 is 4.90 Å². The molecule has 1 fully saturated rings. The Bertz CT molecular complexity index is 617. The Balaban J connectivity index is 1.97. The van der Waals surface area contributed by atoms with Crippen LogP contribution in [0.2, 0.25) is 0 Å². The van der Waals surface area contributed by atoms with Gasteiger partial charge in [-0.3, -0.25) is 0 Å². The van der Waals surface area contributed by atoms with Crippen molar-refractivity contribution in [3.8, 4) is 11.3 Å². The molecule has 0 unspecified atom stereocenters. The molecule has 0 radical (unpaired) electrons. The molecule has 3 rings (SSSR count). The average Bonchev–Trinajstić information content (AvgIpc) is 2.98. The molecule has 1 aliphatic rings. The number of carbonyl (C=O) groups is 1. The van der Waals surface area contributed by atoms with Gasteiger partial charge in [0.2, 0.25) is 5.76 Å². The van der Waals surface area contributed by atoms with Crippen LogP contribution in [-0.2, 0) is 4.74 Å². The van der Waals surface area contributed by atoms with Crippen LogP contribution in [0.15, 0.2) is 34.9 Å². The highest BCUT2D eigenvalue weighted by molar-refractivity contribution is 5.87. The van der Waals surface area contributed by atoms with Gasteiger partial charge in [0.15, 0.2) is 0 Å². The SMILES string of the molecule is O=C(O)c1cc(-c2ccccc2N2CCOCC2)no1. The van der Waals surface area contributed by atoms with Crippen LogP contribution in [0.3, 0.4) is 0 Å². The zero-order valence-corrected chi connectivity index (χ0v) is 10.8. The lowest BCUT2D eigenvalue weighted by Crippen LogP contribution is -2.36. The standard InChI is InChI=1S/C14H14N2O4/c17-14(18)13-9-11(15-20-13)10-3-1-2-4-12(10)16-5-7-19-8-6-16/h1-4,9H,5-8H2,(H,17,18). The minimum absolute atomic E-state index is 0.156. The zero-order chi connectivity index (χ0) is 13.9. The van der Waals surface area contributed by atoms with Crippen molar-refractivity contribution in [2.45, 2.75) is 0 Å². The monoisotopic (exact) mass is 274 g/mol. The van der Waals surface area contributed by atoms with E-state index in [2.05, 4.69) is 10.1 Å². The molecule has 1 N–H and O–H groups in total. The minimum atomic E-state index is -1.12. The Hall–Kier alpha value is -2.34. The Morgan fingerprint density at radius 3 is 2.70 bits per heavy atom. The number of hydrogen-bond acceptors (Lipinski definition) is 5. The van der Waals surface area contributed by atoms with E-state index < -0.39 is 5.97 Å². The van der Waals surface area contributed by atoms with Crippen LogP contribution in [0.4, 0.5) is 5.69 Å². The molecule has 0 spiro atoms. The highest BCUT2D eigenvalue weighted by Crippen LogP contribution is 2.30. The van der Waals surface area contributed by atoms with E-state index in [4.69, 9.17) is 14.4 Å². The van der Waals surface area contributed by atoms with E-state index >= 15 is 0 Å². The fourth-order valence-corrected chi connectivity index (χ4v) is 2.27. The largest absolute Gasteiger partial charge is 0.475 e. The van der Waals surface area contributed by atoms with Crippen molar-refractivity contribution in [1.29, 1.82) is 0 Å². The maximum absolute atomic E-state index is 10.9. The van der Waals surface area contributed by atoms with Crippen LogP contribution in [0, 0.1) is 0 Å². The van der Waals surface area contributed by atoms with Crippen molar-refractivity contribution in [1.82, 2.24) is 5.16 Å². The molecule has 2 heterocycles. The molecule has 104 valence electrons. The highest BCUT2D eigenvalue weighted by atomic mass is 16.5. The molecule has 0 bridgehead atoms. The first-order chi connectivity index (χ1) is 9.75. The summed E-state index contributed by atoms with van der Waals surface area (Å²) in [6.45, 7) is 2.99. The summed E-state index contributed by atoms with van der Waals surface area (Å²) in [5.74, 6) is -1.27. The first-order valence-corrected chi connectivity index (χ1v) is 6.38. The number of ether oxygens (including phenoxy) is 1. The summed E-state index contributed by atoms with van der Waals surface area (Å²) >= 11 is 0. The van der Waals surface area contributed by atoms with Crippen LogP contribution >= 0.6 is 0 Å². The van der Waals surface area contributed by atoms with Crippen LogP contribution in [-0.4, -0.2) is 42.5 Å². The van der Waals surface area contributed by atoms with Gasteiger partial charge >= 0.3 is 5.97 Å². The smallest absolute Gasteiger partial charge is 0.374 e. The van der Waals surface area contributed by atoms with Crippen LogP contribution in [0.25, 0.3) is 11.3 Å². The van der Waals surface area contributed by atoms with E-state index in [9.17, 15) is 4.79 Å². The Morgan fingerprint density at radius 2 is 2.00 bits per heavy atom. The topological polar surface area (TPSA) is 75.8 Å². The van der Waals surface area contributed by atoms with Crippen molar-refractivity contribution < 1.29 is 19.2 Å². The number of para-hydroxylation sites is 1. The lowest BCUT2D eigenvalue weighted by molar-refractivity contribution is 0.0652. The molecule has 1 aliphatic heterocycles. The first-order valence-electron chi connectivity index (χ1n) is 6.38.